The first-order valence-corrected chi connectivity index (χ1v) is 5.34. The summed E-state index contributed by atoms with van der Waals surface area (Å²) < 4.78 is 1.02. The minimum absolute atomic E-state index is 0.835. The van der Waals surface area contributed by atoms with E-state index in [1.807, 2.05) is 25.1 Å². The molecule has 0 aromatic carbocycles. The molecule has 0 saturated heterocycles. The molecule has 2 aromatic rings. The van der Waals surface area contributed by atoms with E-state index in [9.17, 15) is 0 Å². The molecule has 2 aromatic heterocycles. The van der Waals surface area contributed by atoms with Gasteiger partial charge >= 0.3 is 0 Å². The van der Waals surface area contributed by atoms with Crippen molar-refractivity contribution in [3.8, 4) is 0 Å². The fourth-order valence-corrected chi connectivity index (χ4v) is 1.41. The third kappa shape index (κ3) is 2.53. The van der Waals surface area contributed by atoms with Gasteiger partial charge in [0.2, 0.25) is 0 Å². The van der Waals surface area contributed by atoms with Crippen molar-refractivity contribution in [1.29, 1.82) is 0 Å². The Hall–Kier alpha value is -1.42. The quantitative estimate of drug-likeness (QED) is 0.904. The second kappa shape index (κ2) is 4.40. The van der Waals surface area contributed by atoms with Gasteiger partial charge in [-0.1, -0.05) is 0 Å². The van der Waals surface area contributed by atoms with Crippen molar-refractivity contribution in [3.05, 3.63) is 46.8 Å². The molecule has 0 aliphatic heterocycles. The molecule has 4 heteroatoms. The normalized spacial score (nSPS) is 10.0. The summed E-state index contributed by atoms with van der Waals surface area (Å²) in [7, 11) is 0. The SMILES string of the molecule is Cc1cc(Nc2ccncc2)ncc1Br. The van der Waals surface area contributed by atoms with Crippen LogP contribution >= 0.6 is 15.9 Å². The molecule has 0 bridgehead atoms. The molecule has 0 unspecified atom stereocenters. The Bertz CT molecular complexity index is 457. The Kier molecular flexibility index (Phi) is 2.97. The Labute approximate surface area is 96.7 Å². The fraction of sp³-hybridized carbons (Fsp3) is 0.0909. The highest BCUT2D eigenvalue weighted by Gasteiger charge is 1.98. The van der Waals surface area contributed by atoms with E-state index >= 15 is 0 Å². The van der Waals surface area contributed by atoms with Gasteiger partial charge in [0.25, 0.3) is 0 Å². The van der Waals surface area contributed by atoms with Crippen LogP contribution in [0.3, 0.4) is 0 Å². The Morgan fingerprint density at radius 3 is 2.67 bits per heavy atom. The summed E-state index contributed by atoms with van der Waals surface area (Å²) in [5.41, 5.74) is 2.14. The maximum absolute atomic E-state index is 4.26. The minimum atomic E-state index is 0.835. The van der Waals surface area contributed by atoms with Crippen molar-refractivity contribution in [1.82, 2.24) is 9.97 Å². The van der Waals surface area contributed by atoms with E-state index in [1.165, 1.54) is 0 Å². The molecule has 76 valence electrons. The van der Waals surface area contributed by atoms with Crippen molar-refractivity contribution in [2.45, 2.75) is 6.92 Å². The molecule has 3 nitrogen and oxygen atoms in total. The second-order valence-electron chi connectivity index (χ2n) is 3.18. The van der Waals surface area contributed by atoms with Gasteiger partial charge in [-0.25, -0.2) is 4.98 Å². The maximum Gasteiger partial charge on any atom is 0.130 e. The van der Waals surface area contributed by atoms with Gasteiger partial charge in [0, 0.05) is 28.8 Å². The van der Waals surface area contributed by atoms with Gasteiger partial charge in [0.15, 0.2) is 0 Å². The van der Waals surface area contributed by atoms with Crippen LogP contribution in [0.4, 0.5) is 11.5 Å². The number of nitrogens with zero attached hydrogens (tertiary/aromatic N) is 2. The average molecular weight is 264 g/mol. The average Bonchev–Trinajstić information content (AvgIpc) is 2.25. The maximum atomic E-state index is 4.26. The lowest BCUT2D eigenvalue weighted by atomic mass is 10.3. The predicted molar refractivity (Wildman–Crippen MR) is 64.2 cm³/mol. The summed E-state index contributed by atoms with van der Waals surface area (Å²) >= 11 is 3.41. The standard InChI is InChI=1S/C11H10BrN3/c1-8-6-11(14-7-10(8)12)15-9-2-4-13-5-3-9/h2-7H,1H3,(H,13,14,15). The third-order valence-corrected chi connectivity index (χ3v) is 2.83. The number of rotatable bonds is 2. The van der Waals surface area contributed by atoms with Crippen molar-refractivity contribution in [2.75, 3.05) is 5.32 Å². The molecule has 2 rings (SSSR count). The topological polar surface area (TPSA) is 37.8 Å². The van der Waals surface area contributed by atoms with Gasteiger partial charge in [-0.15, -0.1) is 0 Å². The lowest BCUT2D eigenvalue weighted by molar-refractivity contribution is 1.24. The van der Waals surface area contributed by atoms with E-state index in [2.05, 4.69) is 31.2 Å². The monoisotopic (exact) mass is 263 g/mol. The zero-order valence-electron chi connectivity index (χ0n) is 8.24. The van der Waals surface area contributed by atoms with E-state index < -0.39 is 0 Å². The zero-order chi connectivity index (χ0) is 10.7. The van der Waals surface area contributed by atoms with Crippen molar-refractivity contribution in [2.24, 2.45) is 0 Å². The summed E-state index contributed by atoms with van der Waals surface area (Å²) in [6, 6.07) is 5.79. The first kappa shape index (κ1) is 10.1. The third-order valence-electron chi connectivity index (χ3n) is 2.00. The molecule has 0 aliphatic carbocycles. The molecule has 0 radical (unpaired) electrons. The number of hydrogen-bond donors (Lipinski definition) is 1. The number of nitrogens with one attached hydrogen (secondary N) is 1. The lowest BCUT2D eigenvalue weighted by Crippen LogP contribution is -1.94. The molecular weight excluding hydrogens is 254 g/mol. The largest absolute Gasteiger partial charge is 0.340 e. The molecule has 0 fully saturated rings. The summed E-state index contributed by atoms with van der Waals surface area (Å²) in [6.45, 7) is 2.03. The first-order chi connectivity index (χ1) is 7.25. The highest BCUT2D eigenvalue weighted by Crippen LogP contribution is 2.19. The molecule has 0 amide bonds. The van der Waals surface area contributed by atoms with Crippen molar-refractivity contribution < 1.29 is 0 Å². The summed E-state index contributed by atoms with van der Waals surface area (Å²) in [4.78, 5) is 8.21. The van der Waals surface area contributed by atoms with E-state index in [4.69, 9.17) is 0 Å². The molecule has 0 atom stereocenters. The summed E-state index contributed by atoms with van der Waals surface area (Å²) in [5.74, 6) is 0.835. The smallest absolute Gasteiger partial charge is 0.130 e. The number of halogens is 1. The summed E-state index contributed by atoms with van der Waals surface area (Å²) in [5, 5.41) is 3.20. The molecule has 1 N–H and O–H groups in total. The van der Waals surface area contributed by atoms with Gasteiger partial charge in [-0.05, 0) is 46.6 Å². The number of pyridine rings is 2. The minimum Gasteiger partial charge on any atom is -0.340 e. The highest BCUT2D eigenvalue weighted by molar-refractivity contribution is 9.10. The number of hydrogen-bond acceptors (Lipinski definition) is 3. The van der Waals surface area contributed by atoms with Gasteiger partial charge in [0.05, 0.1) is 0 Å². The van der Waals surface area contributed by atoms with Gasteiger partial charge in [-0.2, -0.15) is 0 Å². The number of aromatic nitrogens is 2. The molecule has 0 saturated carbocycles. The molecule has 0 spiro atoms. The Morgan fingerprint density at radius 2 is 2.00 bits per heavy atom. The molecular formula is C11H10BrN3. The van der Waals surface area contributed by atoms with E-state index in [-0.39, 0.29) is 0 Å². The van der Waals surface area contributed by atoms with E-state index in [0.29, 0.717) is 0 Å². The van der Waals surface area contributed by atoms with Crippen LogP contribution in [0.2, 0.25) is 0 Å². The van der Waals surface area contributed by atoms with Crippen molar-refractivity contribution in [3.63, 3.8) is 0 Å². The van der Waals surface area contributed by atoms with Crippen molar-refractivity contribution >= 4 is 27.4 Å². The first-order valence-electron chi connectivity index (χ1n) is 4.55. The predicted octanol–water partition coefficient (Wildman–Crippen LogP) is 3.29. The van der Waals surface area contributed by atoms with Crippen LogP contribution in [0.5, 0.6) is 0 Å². The Balaban J connectivity index is 2.22. The van der Waals surface area contributed by atoms with Crippen LogP contribution in [0.25, 0.3) is 0 Å². The van der Waals surface area contributed by atoms with Gasteiger partial charge < -0.3 is 5.32 Å². The van der Waals surface area contributed by atoms with E-state index in [1.54, 1.807) is 18.6 Å². The van der Waals surface area contributed by atoms with Crippen LogP contribution in [-0.2, 0) is 0 Å². The van der Waals surface area contributed by atoms with Crippen LogP contribution in [-0.4, -0.2) is 9.97 Å². The molecule has 0 aliphatic rings. The highest BCUT2D eigenvalue weighted by atomic mass is 79.9. The molecule has 15 heavy (non-hydrogen) atoms. The van der Waals surface area contributed by atoms with Gasteiger partial charge in [0.1, 0.15) is 5.82 Å². The lowest BCUT2D eigenvalue weighted by Gasteiger charge is -2.06. The van der Waals surface area contributed by atoms with Crippen LogP contribution in [0.1, 0.15) is 5.56 Å². The fourth-order valence-electron chi connectivity index (χ4n) is 1.19. The Morgan fingerprint density at radius 1 is 1.27 bits per heavy atom. The molecule has 2 heterocycles. The number of aryl methyl sites for hydroxylation is 1. The zero-order valence-corrected chi connectivity index (χ0v) is 9.82. The van der Waals surface area contributed by atoms with Crippen LogP contribution in [0, 0.1) is 6.92 Å². The second-order valence-corrected chi connectivity index (χ2v) is 4.03. The number of anilines is 2. The van der Waals surface area contributed by atoms with E-state index in [0.717, 1.165) is 21.5 Å². The van der Waals surface area contributed by atoms with Crippen LogP contribution in [0.15, 0.2) is 41.3 Å². The summed E-state index contributed by atoms with van der Waals surface area (Å²) in [6.07, 6.45) is 5.28. The van der Waals surface area contributed by atoms with Crippen LogP contribution < -0.4 is 5.32 Å². The van der Waals surface area contributed by atoms with Gasteiger partial charge in [-0.3, -0.25) is 4.98 Å².